The topological polar surface area (TPSA) is 67.2 Å². The lowest BCUT2D eigenvalue weighted by Crippen LogP contribution is -2.19. The second kappa shape index (κ2) is 3.63. The van der Waals surface area contributed by atoms with Gasteiger partial charge in [-0.25, -0.2) is 0 Å². The summed E-state index contributed by atoms with van der Waals surface area (Å²) < 4.78 is 4.81. The summed E-state index contributed by atoms with van der Waals surface area (Å²) in [6.45, 7) is 0. The number of carbonyl (C=O) groups excluding carboxylic acids is 2. The van der Waals surface area contributed by atoms with Gasteiger partial charge in [0.25, 0.3) is 0 Å². The van der Waals surface area contributed by atoms with Crippen LogP contribution < -0.4 is 0 Å². The summed E-state index contributed by atoms with van der Waals surface area (Å²) in [7, 11) is 1.33. The van der Waals surface area contributed by atoms with Gasteiger partial charge in [0.1, 0.15) is 0 Å². The summed E-state index contributed by atoms with van der Waals surface area (Å²) in [5, 5.41) is 8.86. The zero-order valence-electron chi connectivity index (χ0n) is 8.48. The third-order valence-corrected chi connectivity index (χ3v) is 2.38. The van der Waals surface area contributed by atoms with Crippen LogP contribution in [-0.2, 0) is 4.74 Å². The standard InChI is InChI=1S/C12H7NO3/c1-16-10-5-9(14)11-7(6-13)3-2-4-8(11)12(10)15/h2-5H,1H3. The Balaban J connectivity index is 2.71. The maximum absolute atomic E-state index is 11.8. The molecule has 1 aromatic carbocycles. The first-order chi connectivity index (χ1) is 7.69. The van der Waals surface area contributed by atoms with Crippen molar-refractivity contribution in [3.8, 4) is 6.07 Å². The molecule has 0 N–H and O–H groups in total. The Morgan fingerprint density at radius 3 is 2.69 bits per heavy atom. The highest BCUT2D eigenvalue weighted by atomic mass is 16.5. The molecule has 78 valence electrons. The second-order valence-corrected chi connectivity index (χ2v) is 3.25. The van der Waals surface area contributed by atoms with Gasteiger partial charge in [-0.3, -0.25) is 9.59 Å². The maximum Gasteiger partial charge on any atom is 0.228 e. The van der Waals surface area contributed by atoms with E-state index in [1.54, 1.807) is 6.07 Å². The molecule has 0 unspecified atom stereocenters. The molecule has 0 fully saturated rings. The number of carbonyl (C=O) groups is 2. The number of Topliss-reactive ketones (excluding diaryl/α,β-unsaturated/α-hetero) is 1. The number of allylic oxidation sites excluding steroid dienone is 2. The van der Waals surface area contributed by atoms with Crippen LogP contribution in [0, 0.1) is 11.3 Å². The van der Waals surface area contributed by atoms with Crippen LogP contribution in [0.1, 0.15) is 26.3 Å². The third-order valence-electron chi connectivity index (χ3n) is 2.38. The summed E-state index contributed by atoms with van der Waals surface area (Å²) in [5.74, 6) is -0.731. The molecular weight excluding hydrogens is 206 g/mol. The van der Waals surface area contributed by atoms with Crippen LogP contribution in [0.4, 0.5) is 0 Å². The van der Waals surface area contributed by atoms with Crippen molar-refractivity contribution >= 4 is 11.6 Å². The molecule has 0 bridgehead atoms. The van der Waals surface area contributed by atoms with Crippen molar-refractivity contribution in [1.82, 2.24) is 0 Å². The van der Waals surface area contributed by atoms with E-state index in [4.69, 9.17) is 10.00 Å². The first kappa shape index (κ1) is 10.1. The first-order valence-electron chi connectivity index (χ1n) is 4.57. The molecule has 1 aliphatic rings. The quantitative estimate of drug-likeness (QED) is 0.708. The molecule has 0 spiro atoms. The molecule has 0 aliphatic heterocycles. The molecule has 0 heterocycles. The molecule has 0 radical (unpaired) electrons. The largest absolute Gasteiger partial charge is 0.492 e. The van der Waals surface area contributed by atoms with Gasteiger partial charge in [0, 0.05) is 11.6 Å². The first-order valence-corrected chi connectivity index (χ1v) is 4.57. The van der Waals surface area contributed by atoms with E-state index >= 15 is 0 Å². The lowest BCUT2D eigenvalue weighted by atomic mass is 9.90. The lowest BCUT2D eigenvalue weighted by Gasteiger charge is -2.14. The van der Waals surface area contributed by atoms with Crippen molar-refractivity contribution < 1.29 is 14.3 Å². The number of hydrogen-bond donors (Lipinski definition) is 0. The number of ketones is 2. The minimum atomic E-state index is -0.372. The van der Waals surface area contributed by atoms with E-state index < -0.39 is 0 Å². The number of nitriles is 1. The predicted molar refractivity (Wildman–Crippen MR) is 54.9 cm³/mol. The van der Waals surface area contributed by atoms with Gasteiger partial charge >= 0.3 is 0 Å². The molecule has 0 saturated heterocycles. The van der Waals surface area contributed by atoms with Crippen molar-refractivity contribution in [2.75, 3.05) is 7.11 Å². The molecule has 0 saturated carbocycles. The van der Waals surface area contributed by atoms with Crippen LogP contribution in [0.15, 0.2) is 30.0 Å². The number of nitrogens with zero attached hydrogens (tertiary/aromatic N) is 1. The number of methoxy groups -OCH3 is 1. The summed E-state index contributed by atoms with van der Waals surface area (Å²) >= 11 is 0. The minimum absolute atomic E-state index is 0.00703. The second-order valence-electron chi connectivity index (χ2n) is 3.25. The molecule has 2 rings (SSSR count). The number of rotatable bonds is 1. The fourth-order valence-electron chi connectivity index (χ4n) is 1.64. The van der Waals surface area contributed by atoms with Crippen molar-refractivity contribution in [2.45, 2.75) is 0 Å². The van der Waals surface area contributed by atoms with E-state index in [1.165, 1.54) is 19.2 Å². The van der Waals surface area contributed by atoms with E-state index in [1.807, 2.05) is 6.07 Å². The van der Waals surface area contributed by atoms with Crippen LogP contribution in [-0.4, -0.2) is 18.7 Å². The molecule has 4 nitrogen and oxygen atoms in total. The Hall–Kier alpha value is -2.41. The van der Waals surface area contributed by atoms with Gasteiger partial charge in [-0.05, 0) is 6.07 Å². The molecule has 0 amide bonds. The molecule has 0 atom stereocenters. The normalized spacial score (nSPS) is 13.9. The van der Waals surface area contributed by atoms with E-state index in [0.717, 1.165) is 6.08 Å². The predicted octanol–water partition coefficient (Wildman–Crippen LogP) is 1.47. The van der Waals surface area contributed by atoms with Gasteiger partial charge < -0.3 is 4.74 Å². The zero-order valence-corrected chi connectivity index (χ0v) is 8.48. The number of benzene rings is 1. The molecule has 0 aromatic heterocycles. The Morgan fingerprint density at radius 2 is 2.06 bits per heavy atom. The Labute approximate surface area is 91.8 Å². The molecule has 1 aliphatic carbocycles. The monoisotopic (exact) mass is 213 g/mol. The highest BCUT2D eigenvalue weighted by Crippen LogP contribution is 2.24. The van der Waals surface area contributed by atoms with Gasteiger partial charge in [0.05, 0.1) is 24.3 Å². The van der Waals surface area contributed by atoms with Crippen molar-refractivity contribution in [3.63, 3.8) is 0 Å². The summed E-state index contributed by atoms with van der Waals surface area (Å²) in [6.07, 6.45) is 1.12. The van der Waals surface area contributed by atoms with Crippen molar-refractivity contribution in [2.24, 2.45) is 0 Å². The third kappa shape index (κ3) is 1.30. The molecular formula is C12H7NO3. The van der Waals surface area contributed by atoms with E-state index in [9.17, 15) is 9.59 Å². The zero-order chi connectivity index (χ0) is 11.7. The van der Waals surface area contributed by atoms with Gasteiger partial charge in [0.15, 0.2) is 11.5 Å². The van der Waals surface area contributed by atoms with Crippen LogP contribution in [0.2, 0.25) is 0 Å². The summed E-state index contributed by atoms with van der Waals surface area (Å²) in [6, 6.07) is 6.49. The average Bonchev–Trinajstić information content (AvgIpc) is 2.32. The van der Waals surface area contributed by atoms with Crippen LogP contribution >= 0.6 is 0 Å². The van der Waals surface area contributed by atoms with E-state index in [2.05, 4.69) is 0 Å². The number of ether oxygens (including phenoxy) is 1. The highest BCUT2D eigenvalue weighted by Gasteiger charge is 2.28. The minimum Gasteiger partial charge on any atom is -0.492 e. The van der Waals surface area contributed by atoms with E-state index in [0.29, 0.717) is 0 Å². The smallest absolute Gasteiger partial charge is 0.228 e. The Bertz CT molecular complexity index is 564. The van der Waals surface area contributed by atoms with Gasteiger partial charge in [-0.1, -0.05) is 12.1 Å². The maximum atomic E-state index is 11.8. The van der Waals surface area contributed by atoms with Gasteiger partial charge in [-0.15, -0.1) is 0 Å². The number of fused-ring (bicyclic) bond motifs is 1. The average molecular weight is 213 g/mol. The number of hydrogen-bond acceptors (Lipinski definition) is 4. The fraction of sp³-hybridized carbons (Fsp3) is 0.0833. The molecule has 4 heteroatoms. The summed E-state index contributed by atoms with van der Waals surface area (Å²) in [4.78, 5) is 23.5. The van der Waals surface area contributed by atoms with Crippen LogP contribution in [0.3, 0.4) is 0 Å². The van der Waals surface area contributed by atoms with Crippen molar-refractivity contribution in [3.05, 3.63) is 46.7 Å². The van der Waals surface area contributed by atoms with Gasteiger partial charge in [0.2, 0.25) is 5.78 Å². The van der Waals surface area contributed by atoms with E-state index in [-0.39, 0.29) is 34.0 Å². The highest BCUT2D eigenvalue weighted by molar-refractivity contribution is 6.24. The van der Waals surface area contributed by atoms with Crippen molar-refractivity contribution in [1.29, 1.82) is 5.26 Å². The summed E-state index contributed by atoms with van der Waals surface area (Å²) in [5.41, 5.74) is 0.599. The Morgan fingerprint density at radius 1 is 1.31 bits per heavy atom. The van der Waals surface area contributed by atoms with Crippen LogP contribution in [0.25, 0.3) is 0 Å². The SMILES string of the molecule is COC1=CC(=O)c2c(C#N)cccc2C1=O. The Kier molecular flexibility index (Phi) is 2.29. The van der Waals surface area contributed by atoms with Crippen LogP contribution in [0.5, 0.6) is 0 Å². The fourth-order valence-corrected chi connectivity index (χ4v) is 1.64. The molecule has 1 aromatic rings. The lowest BCUT2D eigenvalue weighted by molar-refractivity contribution is 0.0916. The molecule has 16 heavy (non-hydrogen) atoms. The van der Waals surface area contributed by atoms with Gasteiger partial charge in [-0.2, -0.15) is 5.26 Å².